The van der Waals surface area contributed by atoms with Gasteiger partial charge >= 0.3 is 25.3 Å². The number of nitrogens with zero attached hydrogens (tertiary/aromatic N) is 2. The van der Waals surface area contributed by atoms with Gasteiger partial charge in [-0.05, 0) is 71.8 Å². The average Bonchev–Trinajstić information content (AvgIpc) is 3.21. The monoisotopic (exact) mass is 812 g/mol. The van der Waals surface area contributed by atoms with Crippen molar-refractivity contribution in [2.45, 2.75) is 25.4 Å². The van der Waals surface area contributed by atoms with Gasteiger partial charge in [0.05, 0.1) is 71.4 Å². The van der Waals surface area contributed by atoms with Crippen molar-refractivity contribution in [1.82, 2.24) is 10.6 Å². The van der Waals surface area contributed by atoms with E-state index in [0.29, 0.717) is 37.4 Å². The van der Waals surface area contributed by atoms with Gasteiger partial charge in [0.15, 0.2) is 0 Å². The zero-order valence-electron chi connectivity index (χ0n) is 30.1. The van der Waals surface area contributed by atoms with E-state index in [2.05, 4.69) is 41.4 Å². The van der Waals surface area contributed by atoms with Crippen LogP contribution in [0.3, 0.4) is 0 Å². The van der Waals surface area contributed by atoms with Gasteiger partial charge in [-0.25, -0.2) is 18.4 Å². The maximum absolute atomic E-state index is 14.4. The molecule has 0 radical (unpaired) electrons. The highest BCUT2D eigenvalue weighted by Gasteiger charge is 2.21. The van der Waals surface area contributed by atoms with Crippen LogP contribution in [0.15, 0.2) is 72.8 Å². The number of halogens is 6. The lowest BCUT2D eigenvalue weighted by Crippen LogP contribution is -2.33. The molecule has 58 heavy (non-hydrogen) atoms. The number of hydrogen-bond donors (Lipinski definition) is 6. The van der Waals surface area contributed by atoms with Crippen LogP contribution < -0.4 is 41.4 Å². The third-order valence-electron chi connectivity index (χ3n) is 8.23. The minimum atomic E-state index is -3.12. The van der Waals surface area contributed by atoms with Crippen molar-refractivity contribution in [3.05, 3.63) is 107 Å². The molecule has 4 aromatic carbocycles. The minimum Gasteiger partial charge on any atom is -0.433 e. The van der Waals surface area contributed by atoms with E-state index in [-0.39, 0.29) is 57.6 Å². The van der Waals surface area contributed by atoms with Crippen LogP contribution in [0.4, 0.5) is 58.7 Å². The fourth-order valence-corrected chi connectivity index (χ4v) is 5.57. The highest BCUT2D eigenvalue weighted by atomic mass is 19.3. The van der Waals surface area contributed by atoms with Crippen molar-refractivity contribution in [2.24, 2.45) is 0 Å². The van der Waals surface area contributed by atoms with Crippen LogP contribution in [0.2, 0.25) is 0 Å². The van der Waals surface area contributed by atoms with E-state index < -0.39 is 36.9 Å². The quantitative estimate of drug-likeness (QED) is 0.0893. The Morgan fingerprint density at radius 3 is 1.34 bits per heavy atom. The second kappa shape index (κ2) is 20.5. The van der Waals surface area contributed by atoms with E-state index in [9.17, 15) is 35.9 Å². The second-order valence-corrected chi connectivity index (χ2v) is 12.2. The zero-order valence-corrected chi connectivity index (χ0v) is 30.1. The summed E-state index contributed by atoms with van der Waals surface area (Å²) in [4.78, 5) is 24.4. The summed E-state index contributed by atoms with van der Waals surface area (Å²) < 4.78 is 98.7. The fraction of sp³-hybridized carbons (Fsp3) is 0.263. The van der Waals surface area contributed by atoms with E-state index in [1.165, 1.54) is 48.5 Å². The van der Waals surface area contributed by atoms with Crippen molar-refractivity contribution in [1.29, 1.82) is 10.5 Å². The largest absolute Gasteiger partial charge is 0.433 e. The number of ether oxygens (including phenoxy) is 4. The first-order valence-electron chi connectivity index (χ1n) is 17.3. The number of amides is 4. The molecule has 0 bridgehead atoms. The first-order valence-corrected chi connectivity index (χ1v) is 17.3. The second-order valence-electron chi connectivity index (χ2n) is 12.2. The maximum atomic E-state index is 14.4. The molecule has 2 aliphatic rings. The summed E-state index contributed by atoms with van der Waals surface area (Å²) in [6.07, 6.45) is -0.576. The van der Waals surface area contributed by atoms with Gasteiger partial charge < -0.3 is 50.8 Å². The van der Waals surface area contributed by atoms with Gasteiger partial charge in [0.1, 0.15) is 23.1 Å². The molecule has 0 unspecified atom stereocenters. The summed E-state index contributed by atoms with van der Waals surface area (Å²) in [5.41, 5.74) is 0.966. The van der Waals surface area contributed by atoms with Gasteiger partial charge in [-0.15, -0.1) is 0 Å². The molecule has 0 spiro atoms. The van der Waals surface area contributed by atoms with Crippen LogP contribution in [0, 0.1) is 34.3 Å². The number of carbonyl (C=O) groups excluding carboxylic acids is 2. The molecule has 4 amide bonds. The molecule has 2 saturated heterocycles. The average molecular weight is 813 g/mol. The Morgan fingerprint density at radius 1 is 0.621 bits per heavy atom. The van der Waals surface area contributed by atoms with Crippen molar-refractivity contribution in [3.63, 3.8) is 0 Å². The molecular weight excluding hydrogens is 778 g/mol. The maximum Gasteiger partial charge on any atom is 0.387 e. The lowest BCUT2D eigenvalue weighted by molar-refractivity contribution is -0.0500. The number of urea groups is 2. The number of hydrogen-bond acceptors (Lipinski definition) is 10. The smallest absolute Gasteiger partial charge is 0.387 e. The first-order chi connectivity index (χ1) is 27.9. The summed E-state index contributed by atoms with van der Waals surface area (Å²) in [6, 6.07) is 17.5. The van der Waals surface area contributed by atoms with Crippen molar-refractivity contribution < 1.29 is 54.9 Å². The van der Waals surface area contributed by atoms with E-state index in [1.807, 2.05) is 12.1 Å². The highest BCUT2D eigenvalue weighted by Crippen LogP contribution is 2.30. The Balaban J connectivity index is 0.000000221. The van der Waals surface area contributed by atoms with Crippen LogP contribution in [-0.4, -0.2) is 64.7 Å². The van der Waals surface area contributed by atoms with Crippen molar-refractivity contribution in [3.8, 4) is 23.6 Å². The normalized spacial score (nSPS) is 16.2. The third-order valence-corrected chi connectivity index (χ3v) is 8.23. The zero-order chi connectivity index (χ0) is 41.6. The molecule has 0 aromatic heterocycles. The number of morpholine rings is 2. The number of benzene rings is 4. The van der Waals surface area contributed by atoms with Crippen LogP contribution in [0.25, 0.3) is 0 Å². The number of rotatable bonds is 10. The molecule has 6 rings (SSSR count). The Morgan fingerprint density at radius 2 is 1.02 bits per heavy atom. The van der Waals surface area contributed by atoms with Crippen molar-refractivity contribution in [2.75, 3.05) is 60.7 Å². The van der Waals surface area contributed by atoms with E-state index in [0.717, 1.165) is 25.2 Å². The number of nitrogens with one attached hydrogen (secondary N) is 6. The molecule has 2 fully saturated rings. The molecule has 6 N–H and O–H groups in total. The number of nitriles is 2. The topological polar surface area (TPSA) is 191 Å². The van der Waals surface area contributed by atoms with E-state index >= 15 is 0 Å². The lowest BCUT2D eigenvalue weighted by Gasteiger charge is -2.24. The highest BCUT2D eigenvalue weighted by molar-refractivity contribution is 6.01. The standard InChI is InChI=1S/2C19H17F3N4O3/c2*20-13-8-12(17-10-24-5-6-28-17)2-3-14(13)25-19(27)26-15-7-11(9-23)1-4-16(15)29-18(21)22/h2*1-4,7-8,17-18,24H,5-6,10H2,(H2,25,26,27)/t2*17-/m10/s1. The van der Waals surface area contributed by atoms with Gasteiger partial charge in [0.25, 0.3) is 0 Å². The summed E-state index contributed by atoms with van der Waals surface area (Å²) in [7, 11) is 0. The number of alkyl halides is 4. The van der Waals surface area contributed by atoms with Gasteiger partial charge in [0, 0.05) is 26.2 Å². The Kier molecular flexibility index (Phi) is 15.1. The molecule has 0 saturated carbocycles. The lowest BCUT2D eigenvalue weighted by atomic mass is 10.1. The molecule has 0 aliphatic carbocycles. The third kappa shape index (κ3) is 12.2. The van der Waals surface area contributed by atoms with Crippen LogP contribution >= 0.6 is 0 Å². The predicted octanol–water partition coefficient (Wildman–Crippen LogP) is 7.21. The molecule has 14 nitrogen and oxygen atoms in total. The van der Waals surface area contributed by atoms with Gasteiger partial charge in [-0.3, -0.25) is 0 Å². The Hall–Kier alpha value is -6.58. The number of anilines is 4. The van der Waals surface area contributed by atoms with Crippen molar-refractivity contribution >= 4 is 34.8 Å². The molecule has 2 aliphatic heterocycles. The van der Waals surface area contributed by atoms with Gasteiger partial charge in [0.2, 0.25) is 0 Å². The van der Waals surface area contributed by atoms with Crippen LogP contribution in [0.5, 0.6) is 11.5 Å². The molecular formula is C38H34F6N8O6. The molecule has 20 heteroatoms. The summed E-state index contributed by atoms with van der Waals surface area (Å²) >= 11 is 0. The fourth-order valence-electron chi connectivity index (χ4n) is 5.57. The van der Waals surface area contributed by atoms with Gasteiger partial charge in [-0.1, -0.05) is 12.1 Å². The number of carbonyl (C=O) groups is 2. The van der Waals surface area contributed by atoms with Gasteiger partial charge in [-0.2, -0.15) is 28.1 Å². The summed E-state index contributed by atoms with van der Waals surface area (Å²) in [5.74, 6) is -2.01. The molecule has 2 atom stereocenters. The molecule has 304 valence electrons. The Labute approximate surface area is 327 Å². The Bertz CT molecular complexity index is 2010. The van der Waals surface area contributed by atoms with E-state index in [1.54, 1.807) is 12.1 Å². The SMILES string of the molecule is N#Cc1ccc(OC(F)F)c(NC(=O)Nc2ccc([C@@H]3CNCCO3)cc2F)c1.N#Cc1ccc(OC(F)F)c(NC(=O)Nc2ccc([C@H]3CNCCO3)cc2F)c1. The summed E-state index contributed by atoms with van der Waals surface area (Å²) in [5, 5.41) is 33.3. The minimum absolute atomic E-state index is 0.109. The van der Waals surface area contributed by atoms with Crippen LogP contribution in [0.1, 0.15) is 34.5 Å². The molecule has 2 heterocycles. The van der Waals surface area contributed by atoms with Crippen LogP contribution in [-0.2, 0) is 9.47 Å². The predicted molar refractivity (Wildman–Crippen MR) is 197 cm³/mol. The van der Waals surface area contributed by atoms with E-state index in [4.69, 9.17) is 20.0 Å². The first kappa shape index (κ1) is 42.6. The molecule has 4 aromatic rings. The summed E-state index contributed by atoms with van der Waals surface area (Å²) in [6.45, 7) is -2.66.